The monoisotopic (exact) mass is 226 g/mol. The summed E-state index contributed by atoms with van der Waals surface area (Å²) in [6.07, 6.45) is 3.20. The molecule has 1 aliphatic rings. The second-order valence-corrected chi connectivity index (χ2v) is 5.18. The van der Waals surface area contributed by atoms with Crippen LogP contribution in [0.3, 0.4) is 0 Å². The van der Waals surface area contributed by atoms with Crippen molar-refractivity contribution in [2.45, 2.75) is 39.2 Å². The molecule has 1 atom stereocenters. The number of ketones is 1. The lowest BCUT2D eigenvalue weighted by Crippen LogP contribution is -2.41. The summed E-state index contributed by atoms with van der Waals surface area (Å²) >= 11 is 0. The third-order valence-electron chi connectivity index (χ3n) is 3.86. The summed E-state index contributed by atoms with van der Waals surface area (Å²) in [4.78, 5) is 16.2. The van der Waals surface area contributed by atoms with Gasteiger partial charge in [-0.05, 0) is 52.9 Å². The van der Waals surface area contributed by atoms with Gasteiger partial charge in [-0.1, -0.05) is 6.92 Å². The Kier molecular flexibility index (Phi) is 5.42. The van der Waals surface area contributed by atoms with E-state index in [9.17, 15) is 4.79 Å². The number of carbonyl (C=O) groups excluding carboxylic acids is 1. The highest BCUT2D eigenvalue weighted by molar-refractivity contribution is 5.83. The molecular formula is C13H26N2O. The third kappa shape index (κ3) is 3.87. The predicted octanol–water partition coefficient (Wildman–Crippen LogP) is 1.63. The number of likely N-dealkylation sites (tertiary alicyclic amines) is 1. The van der Waals surface area contributed by atoms with Crippen LogP contribution in [0, 0.1) is 5.92 Å². The second-order valence-electron chi connectivity index (χ2n) is 5.18. The molecule has 1 aliphatic heterocycles. The van der Waals surface area contributed by atoms with Gasteiger partial charge < -0.3 is 4.90 Å². The molecule has 1 rings (SSSR count). The number of carbonyl (C=O) groups is 1. The van der Waals surface area contributed by atoms with E-state index in [-0.39, 0.29) is 6.04 Å². The van der Waals surface area contributed by atoms with Crippen LogP contribution < -0.4 is 0 Å². The Bertz CT molecular complexity index is 222. The topological polar surface area (TPSA) is 23.6 Å². The van der Waals surface area contributed by atoms with Crippen molar-refractivity contribution in [2.24, 2.45) is 5.92 Å². The van der Waals surface area contributed by atoms with Gasteiger partial charge in [-0.15, -0.1) is 0 Å². The molecule has 0 aromatic rings. The van der Waals surface area contributed by atoms with Gasteiger partial charge in [0.25, 0.3) is 0 Å². The normalized spacial score (nSPS) is 21.3. The molecule has 0 aliphatic carbocycles. The highest BCUT2D eigenvalue weighted by Crippen LogP contribution is 2.17. The maximum Gasteiger partial charge on any atom is 0.149 e. The van der Waals surface area contributed by atoms with Gasteiger partial charge in [0.05, 0.1) is 6.04 Å². The maximum absolute atomic E-state index is 11.6. The van der Waals surface area contributed by atoms with E-state index in [1.807, 2.05) is 13.8 Å². The lowest BCUT2D eigenvalue weighted by Gasteiger charge is -2.33. The fourth-order valence-corrected chi connectivity index (χ4v) is 2.35. The van der Waals surface area contributed by atoms with Crippen molar-refractivity contribution in [3.63, 3.8) is 0 Å². The molecule has 0 N–H and O–H groups in total. The molecule has 0 aromatic carbocycles. The SMILES string of the molecule is CCC(=O)C(C)N(C)CC1CCN(C)CC1. The third-order valence-corrected chi connectivity index (χ3v) is 3.86. The van der Waals surface area contributed by atoms with E-state index < -0.39 is 0 Å². The minimum absolute atomic E-state index is 0.0876. The molecule has 3 nitrogen and oxygen atoms in total. The standard InChI is InChI=1S/C13H26N2O/c1-5-13(16)11(2)15(4)10-12-6-8-14(3)9-7-12/h11-12H,5-10H2,1-4H3. The van der Waals surface area contributed by atoms with Gasteiger partial charge in [-0.2, -0.15) is 0 Å². The van der Waals surface area contributed by atoms with E-state index in [0.717, 1.165) is 12.5 Å². The number of likely N-dealkylation sites (N-methyl/N-ethyl adjacent to an activating group) is 1. The molecular weight excluding hydrogens is 200 g/mol. The Morgan fingerprint density at radius 3 is 2.50 bits per heavy atom. The first-order chi connectivity index (χ1) is 7.54. The van der Waals surface area contributed by atoms with E-state index >= 15 is 0 Å². The molecule has 16 heavy (non-hydrogen) atoms. The molecule has 1 unspecified atom stereocenters. The average molecular weight is 226 g/mol. The van der Waals surface area contributed by atoms with Gasteiger partial charge in [0, 0.05) is 13.0 Å². The number of piperidine rings is 1. The first-order valence-corrected chi connectivity index (χ1v) is 6.46. The van der Waals surface area contributed by atoms with Gasteiger partial charge >= 0.3 is 0 Å². The predicted molar refractivity (Wildman–Crippen MR) is 67.6 cm³/mol. The van der Waals surface area contributed by atoms with Crippen LogP contribution in [-0.4, -0.2) is 55.4 Å². The molecule has 1 saturated heterocycles. The Labute approximate surface area is 99.8 Å². The van der Waals surface area contributed by atoms with Gasteiger partial charge in [0.1, 0.15) is 5.78 Å². The highest BCUT2D eigenvalue weighted by Gasteiger charge is 2.22. The lowest BCUT2D eigenvalue weighted by molar-refractivity contribution is -0.123. The van der Waals surface area contributed by atoms with E-state index in [1.54, 1.807) is 0 Å². The van der Waals surface area contributed by atoms with Crippen LogP contribution in [0.4, 0.5) is 0 Å². The van der Waals surface area contributed by atoms with Gasteiger partial charge in [-0.3, -0.25) is 9.69 Å². The van der Waals surface area contributed by atoms with Crippen molar-refractivity contribution < 1.29 is 4.79 Å². The zero-order valence-corrected chi connectivity index (χ0v) is 11.2. The fourth-order valence-electron chi connectivity index (χ4n) is 2.35. The molecule has 0 bridgehead atoms. The summed E-state index contributed by atoms with van der Waals surface area (Å²) in [7, 11) is 4.26. The number of nitrogens with zero attached hydrogens (tertiary/aromatic N) is 2. The van der Waals surface area contributed by atoms with E-state index in [0.29, 0.717) is 12.2 Å². The van der Waals surface area contributed by atoms with Crippen molar-refractivity contribution >= 4 is 5.78 Å². The molecule has 94 valence electrons. The van der Waals surface area contributed by atoms with Crippen LogP contribution in [0.2, 0.25) is 0 Å². The average Bonchev–Trinajstić information content (AvgIpc) is 2.30. The smallest absolute Gasteiger partial charge is 0.149 e. The first kappa shape index (κ1) is 13.7. The van der Waals surface area contributed by atoms with Gasteiger partial charge in [-0.25, -0.2) is 0 Å². The van der Waals surface area contributed by atoms with Crippen LogP contribution in [0.25, 0.3) is 0 Å². The lowest BCUT2D eigenvalue weighted by atomic mass is 9.96. The van der Waals surface area contributed by atoms with Crippen LogP contribution in [0.1, 0.15) is 33.1 Å². The van der Waals surface area contributed by atoms with Gasteiger partial charge in [0.15, 0.2) is 0 Å². The molecule has 0 radical (unpaired) electrons. The number of Topliss-reactive ketones (excluding diaryl/α,β-unsaturated/α-hetero) is 1. The zero-order chi connectivity index (χ0) is 12.1. The molecule has 1 heterocycles. The number of hydrogen-bond donors (Lipinski definition) is 0. The van der Waals surface area contributed by atoms with Crippen molar-refractivity contribution in [1.29, 1.82) is 0 Å². The number of rotatable bonds is 5. The van der Waals surface area contributed by atoms with E-state index in [4.69, 9.17) is 0 Å². The van der Waals surface area contributed by atoms with Crippen molar-refractivity contribution in [3.8, 4) is 0 Å². The van der Waals surface area contributed by atoms with Crippen molar-refractivity contribution in [2.75, 3.05) is 33.7 Å². The minimum Gasteiger partial charge on any atom is -0.306 e. The summed E-state index contributed by atoms with van der Waals surface area (Å²) in [6, 6.07) is 0.0876. The first-order valence-electron chi connectivity index (χ1n) is 6.46. The molecule has 0 amide bonds. The largest absolute Gasteiger partial charge is 0.306 e. The van der Waals surface area contributed by atoms with E-state index in [2.05, 4.69) is 23.9 Å². The summed E-state index contributed by atoms with van der Waals surface area (Å²) in [5, 5.41) is 0. The number of hydrogen-bond acceptors (Lipinski definition) is 3. The Balaban J connectivity index is 2.33. The van der Waals surface area contributed by atoms with Crippen LogP contribution >= 0.6 is 0 Å². The Morgan fingerprint density at radius 2 is 2.00 bits per heavy atom. The summed E-state index contributed by atoms with van der Waals surface area (Å²) in [6.45, 7) is 7.45. The van der Waals surface area contributed by atoms with E-state index in [1.165, 1.54) is 25.9 Å². The Hall–Kier alpha value is -0.410. The summed E-state index contributed by atoms with van der Waals surface area (Å²) in [5.74, 6) is 1.13. The van der Waals surface area contributed by atoms with Crippen LogP contribution in [0.5, 0.6) is 0 Å². The highest BCUT2D eigenvalue weighted by atomic mass is 16.1. The van der Waals surface area contributed by atoms with Crippen molar-refractivity contribution in [1.82, 2.24) is 9.80 Å². The van der Waals surface area contributed by atoms with Crippen LogP contribution in [-0.2, 0) is 4.79 Å². The molecule has 3 heteroatoms. The van der Waals surface area contributed by atoms with Crippen LogP contribution in [0.15, 0.2) is 0 Å². The molecule has 0 saturated carbocycles. The molecule has 0 aromatic heterocycles. The zero-order valence-electron chi connectivity index (χ0n) is 11.2. The quantitative estimate of drug-likeness (QED) is 0.712. The maximum atomic E-state index is 11.6. The summed E-state index contributed by atoms with van der Waals surface area (Å²) < 4.78 is 0. The fraction of sp³-hybridized carbons (Fsp3) is 0.923. The van der Waals surface area contributed by atoms with Gasteiger partial charge in [0.2, 0.25) is 0 Å². The summed E-state index contributed by atoms with van der Waals surface area (Å²) in [5.41, 5.74) is 0. The molecule has 1 fully saturated rings. The van der Waals surface area contributed by atoms with Crippen molar-refractivity contribution in [3.05, 3.63) is 0 Å². The molecule has 0 spiro atoms. The second kappa shape index (κ2) is 6.36. The Morgan fingerprint density at radius 1 is 1.44 bits per heavy atom. The minimum atomic E-state index is 0.0876.